The van der Waals surface area contributed by atoms with E-state index in [2.05, 4.69) is 15.9 Å². The van der Waals surface area contributed by atoms with Gasteiger partial charge in [0.05, 0.1) is 12.1 Å². The van der Waals surface area contributed by atoms with Crippen molar-refractivity contribution < 1.29 is 14.6 Å². The van der Waals surface area contributed by atoms with Gasteiger partial charge in [-0.25, -0.2) is 0 Å². The first kappa shape index (κ1) is 15.6. The van der Waals surface area contributed by atoms with Gasteiger partial charge < -0.3 is 20.3 Å². The van der Waals surface area contributed by atoms with Gasteiger partial charge in [0, 0.05) is 4.47 Å². The Hall–Kier alpha value is -0.490. The molecule has 6 heteroatoms. The van der Waals surface area contributed by atoms with Gasteiger partial charge in [0.15, 0.2) is 11.5 Å². The van der Waals surface area contributed by atoms with E-state index in [0.29, 0.717) is 17.9 Å². The van der Waals surface area contributed by atoms with Crippen molar-refractivity contribution in [2.45, 2.75) is 31.9 Å². The second-order valence-electron chi connectivity index (χ2n) is 4.11. The fourth-order valence-corrected chi connectivity index (χ4v) is 2.46. The second-order valence-corrected chi connectivity index (χ2v) is 4.96. The van der Waals surface area contributed by atoms with E-state index >= 15 is 0 Å². The molecular weight excluding hydrogens is 321 g/mol. The number of ether oxygens (including phenoxy) is 2. The van der Waals surface area contributed by atoms with Crippen LogP contribution in [0.2, 0.25) is 0 Å². The monoisotopic (exact) mass is 337 g/mol. The Morgan fingerprint density at radius 2 is 2.00 bits per heavy atom. The van der Waals surface area contributed by atoms with Gasteiger partial charge in [0.2, 0.25) is 6.79 Å². The van der Waals surface area contributed by atoms with Gasteiger partial charge in [-0.05, 0) is 24.1 Å². The molecule has 18 heavy (non-hydrogen) atoms. The van der Waals surface area contributed by atoms with Gasteiger partial charge in [-0.3, -0.25) is 0 Å². The molecule has 2 rings (SSSR count). The predicted molar refractivity (Wildman–Crippen MR) is 75.4 cm³/mol. The van der Waals surface area contributed by atoms with Crippen LogP contribution in [0.3, 0.4) is 0 Å². The van der Waals surface area contributed by atoms with E-state index in [-0.39, 0.29) is 19.2 Å². The summed E-state index contributed by atoms with van der Waals surface area (Å²) in [4.78, 5) is 0. The molecule has 0 spiro atoms. The summed E-state index contributed by atoms with van der Waals surface area (Å²) >= 11 is 3.44. The molecule has 102 valence electrons. The van der Waals surface area contributed by atoms with Crippen LogP contribution in [0.25, 0.3) is 0 Å². The molecule has 0 radical (unpaired) electrons. The molecule has 1 aliphatic rings. The van der Waals surface area contributed by atoms with Crippen LogP contribution in [-0.2, 0) is 0 Å². The van der Waals surface area contributed by atoms with E-state index < -0.39 is 12.1 Å². The fraction of sp³-hybridized carbons (Fsp3) is 0.500. The van der Waals surface area contributed by atoms with Crippen LogP contribution in [0.5, 0.6) is 11.5 Å². The van der Waals surface area contributed by atoms with Crippen LogP contribution in [0.4, 0.5) is 0 Å². The van der Waals surface area contributed by atoms with Crippen LogP contribution in [0.15, 0.2) is 16.6 Å². The number of aliphatic hydroxyl groups excluding tert-OH is 1. The Morgan fingerprint density at radius 3 is 2.61 bits per heavy atom. The van der Waals surface area contributed by atoms with E-state index in [0.717, 1.165) is 16.5 Å². The molecule has 4 nitrogen and oxygen atoms in total. The Kier molecular flexibility index (Phi) is 5.72. The van der Waals surface area contributed by atoms with Gasteiger partial charge in [0.25, 0.3) is 0 Å². The summed E-state index contributed by atoms with van der Waals surface area (Å²) in [5, 5.41) is 9.93. The lowest BCUT2D eigenvalue weighted by atomic mass is 9.99. The number of nitrogens with two attached hydrogens (primary N) is 1. The van der Waals surface area contributed by atoms with Crippen LogP contribution >= 0.6 is 28.3 Å². The maximum atomic E-state index is 9.93. The number of hydrogen-bond acceptors (Lipinski definition) is 4. The molecule has 2 atom stereocenters. The van der Waals surface area contributed by atoms with Gasteiger partial charge in [-0.1, -0.05) is 29.3 Å². The summed E-state index contributed by atoms with van der Waals surface area (Å²) in [6.45, 7) is 2.25. The fourth-order valence-electron chi connectivity index (χ4n) is 1.87. The zero-order chi connectivity index (χ0) is 12.4. The molecule has 1 aromatic carbocycles. The zero-order valence-electron chi connectivity index (χ0n) is 10.1. The van der Waals surface area contributed by atoms with Gasteiger partial charge >= 0.3 is 0 Å². The second kappa shape index (κ2) is 6.61. The Morgan fingerprint density at radius 1 is 1.39 bits per heavy atom. The number of rotatable bonds is 4. The number of aliphatic hydroxyl groups is 1. The van der Waals surface area contributed by atoms with Gasteiger partial charge in [-0.15, -0.1) is 12.4 Å². The number of fused-ring (bicyclic) bond motifs is 1. The summed E-state index contributed by atoms with van der Waals surface area (Å²) in [6, 6.07) is 3.24. The summed E-state index contributed by atoms with van der Waals surface area (Å²) < 4.78 is 11.4. The number of benzene rings is 1. The zero-order valence-corrected chi connectivity index (χ0v) is 12.5. The lowest BCUT2D eigenvalue weighted by Gasteiger charge is -2.20. The van der Waals surface area contributed by atoms with E-state index in [1.807, 2.05) is 19.1 Å². The molecule has 0 unspecified atom stereocenters. The minimum absolute atomic E-state index is 0. The SMILES string of the molecule is CCC[C@@H](O)[C@@H](N)c1cc2c(cc1Br)OCO2.Cl. The van der Waals surface area contributed by atoms with Crippen LogP contribution in [0.1, 0.15) is 31.4 Å². The van der Waals surface area contributed by atoms with Crippen molar-refractivity contribution in [1.29, 1.82) is 0 Å². The van der Waals surface area contributed by atoms with E-state index in [1.165, 1.54) is 0 Å². The third-order valence-corrected chi connectivity index (χ3v) is 3.54. The minimum atomic E-state index is -0.545. The normalized spacial score (nSPS) is 16.0. The maximum Gasteiger partial charge on any atom is 0.231 e. The number of hydrogen-bond donors (Lipinski definition) is 2. The maximum absolute atomic E-state index is 9.93. The highest BCUT2D eigenvalue weighted by atomic mass is 79.9. The molecule has 0 aromatic heterocycles. The lowest BCUT2D eigenvalue weighted by Crippen LogP contribution is -2.26. The average molecular weight is 339 g/mol. The third kappa shape index (κ3) is 3.09. The Labute approximate surface area is 121 Å². The van der Waals surface area contributed by atoms with Gasteiger partial charge in [0.1, 0.15) is 0 Å². The highest BCUT2D eigenvalue weighted by molar-refractivity contribution is 9.10. The molecule has 0 saturated carbocycles. The molecule has 0 amide bonds. The molecule has 1 aromatic rings. The molecule has 0 fully saturated rings. The quantitative estimate of drug-likeness (QED) is 0.886. The summed E-state index contributed by atoms with van der Waals surface area (Å²) in [5.74, 6) is 1.39. The first-order valence-corrected chi connectivity index (χ1v) is 6.45. The van der Waals surface area contributed by atoms with E-state index in [1.54, 1.807) is 0 Å². The van der Waals surface area contributed by atoms with E-state index in [4.69, 9.17) is 15.2 Å². The highest BCUT2D eigenvalue weighted by Gasteiger charge is 2.23. The molecular formula is C12H17BrClNO3. The third-order valence-electron chi connectivity index (χ3n) is 2.85. The largest absolute Gasteiger partial charge is 0.454 e. The molecule has 1 aliphatic heterocycles. The predicted octanol–water partition coefficient (Wildman–Crippen LogP) is 2.76. The van der Waals surface area contributed by atoms with Crippen molar-refractivity contribution in [3.05, 3.63) is 22.2 Å². The van der Waals surface area contributed by atoms with Crippen molar-refractivity contribution >= 4 is 28.3 Å². The highest BCUT2D eigenvalue weighted by Crippen LogP contribution is 2.39. The first-order valence-electron chi connectivity index (χ1n) is 5.66. The topological polar surface area (TPSA) is 64.7 Å². The first-order chi connectivity index (χ1) is 8.13. The Bertz CT molecular complexity index is 417. The standard InChI is InChI=1S/C12H16BrNO3.ClH/c1-2-3-9(15)12(14)7-4-10-11(5-8(7)13)17-6-16-10;/h4-5,9,12,15H,2-3,6,14H2,1H3;1H/t9-,12+;/m1./s1. The van der Waals surface area contributed by atoms with Crippen LogP contribution < -0.4 is 15.2 Å². The van der Waals surface area contributed by atoms with Crippen molar-refractivity contribution in [3.63, 3.8) is 0 Å². The summed E-state index contributed by atoms with van der Waals surface area (Å²) in [6.07, 6.45) is 1.04. The van der Waals surface area contributed by atoms with Crippen molar-refractivity contribution in [3.8, 4) is 11.5 Å². The summed E-state index contributed by atoms with van der Waals surface area (Å²) in [5.41, 5.74) is 6.89. The smallest absolute Gasteiger partial charge is 0.231 e. The molecule has 0 bridgehead atoms. The molecule has 3 N–H and O–H groups in total. The minimum Gasteiger partial charge on any atom is -0.454 e. The van der Waals surface area contributed by atoms with Crippen LogP contribution in [-0.4, -0.2) is 18.0 Å². The lowest BCUT2D eigenvalue weighted by molar-refractivity contribution is 0.134. The van der Waals surface area contributed by atoms with Crippen molar-refractivity contribution in [2.24, 2.45) is 5.73 Å². The van der Waals surface area contributed by atoms with E-state index in [9.17, 15) is 5.11 Å². The van der Waals surface area contributed by atoms with Gasteiger partial charge in [-0.2, -0.15) is 0 Å². The summed E-state index contributed by atoms with van der Waals surface area (Å²) in [7, 11) is 0. The van der Waals surface area contributed by atoms with Crippen molar-refractivity contribution in [2.75, 3.05) is 6.79 Å². The molecule has 0 aliphatic carbocycles. The Balaban J connectivity index is 0.00000162. The number of halogens is 2. The molecule has 0 saturated heterocycles. The average Bonchev–Trinajstić information content (AvgIpc) is 2.74. The van der Waals surface area contributed by atoms with Crippen molar-refractivity contribution in [1.82, 2.24) is 0 Å². The molecule has 1 heterocycles. The van der Waals surface area contributed by atoms with Crippen LogP contribution in [0, 0.1) is 0 Å².